The fourth-order valence-corrected chi connectivity index (χ4v) is 2.76. The van der Waals surface area contributed by atoms with Crippen molar-refractivity contribution in [1.29, 1.82) is 0 Å². The van der Waals surface area contributed by atoms with Gasteiger partial charge in [-0.3, -0.25) is 0 Å². The predicted molar refractivity (Wildman–Crippen MR) is 82.2 cm³/mol. The van der Waals surface area contributed by atoms with Gasteiger partial charge in [0.2, 0.25) is 0 Å². The third kappa shape index (κ3) is 3.86. The fourth-order valence-electron chi connectivity index (χ4n) is 2.76. The van der Waals surface area contributed by atoms with Crippen LogP contribution < -0.4 is 0 Å². The van der Waals surface area contributed by atoms with Crippen LogP contribution in [-0.4, -0.2) is 0 Å². The van der Waals surface area contributed by atoms with E-state index in [1.165, 1.54) is 24.0 Å². The molecule has 0 fully saturated rings. The Morgan fingerprint density at radius 1 is 1.00 bits per heavy atom. The topological polar surface area (TPSA) is 0 Å². The maximum absolute atomic E-state index is 2.42. The predicted octanol–water partition coefficient (Wildman–Crippen LogP) is 5.73. The highest BCUT2D eigenvalue weighted by Gasteiger charge is 2.16. The van der Waals surface area contributed by atoms with E-state index in [1.807, 2.05) is 0 Å². The molecule has 0 aliphatic carbocycles. The van der Waals surface area contributed by atoms with Gasteiger partial charge in [-0.2, -0.15) is 0 Å². The van der Waals surface area contributed by atoms with Crippen molar-refractivity contribution in [1.82, 2.24) is 0 Å². The van der Waals surface area contributed by atoms with Crippen LogP contribution in [0.4, 0.5) is 0 Å². The van der Waals surface area contributed by atoms with Gasteiger partial charge >= 0.3 is 0 Å². The Labute approximate surface area is 114 Å². The van der Waals surface area contributed by atoms with Crippen molar-refractivity contribution in [2.45, 2.75) is 66.7 Å². The van der Waals surface area contributed by atoms with Crippen molar-refractivity contribution in [3.05, 3.63) is 34.9 Å². The molecule has 1 aromatic rings. The summed E-state index contributed by atoms with van der Waals surface area (Å²) in [7, 11) is 0. The lowest BCUT2D eigenvalue weighted by Crippen LogP contribution is -2.11. The number of aryl methyl sites for hydroxylation is 2. The van der Waals surface area contributed by atoms with Crippen LogP contribution in [-0.2, 0) is 6.42 Å². The average molecular weight is 246 g/mol. The highest BCUT2D eigenvalue weighted by atomic mass is 14.2. The maximum atomic E-state index is 2.42. The third-order valence-corrected chi connectivity index (χ3v) is 4.62. The van der Waals surface area contributed by atoms with Crippen LogP contribution in [0.15, 0.2) is 18.2 Å². The Kier molecular flexibility index (Phi) is 5.91. The van der Waals surface area contributed by atoms with Gasteiger partial charge in [-0.05, 0) is 54.2 Å². The molecule has 0 bridgehead atoms. The summed E-state index contributed by atoms with van der Waals surface area (Å²) in [6.07, 6.45) is 3.74. The van der Waals surface area contributed by atoms with Crippen LogP contribution in [0.1, 0.15) is 70.1 Å². The SMILES string of the molecule is CCc1ccc(C)c(C(C)CC(C)C(C)CC)c1. The van der Waals surface area contributed by atoms with E-state index < -0.39 is 0 Å². The molecule has 0 N–H and O–H groups in total. The standard InChI is InChI=1S/C18H30/c1-7-13(3)15(5)11-16(6)18-12-17(8-2)10-9-14(18)4/h9-10,12-13,15-16H,7-8,11H2,1-6H3. The lowest BCUT2D eigenvalue weighted by Gasteiger charge is -2.24. The zero-order chi connectivity index (χ0) is 13.7. The number of hydrogen-bond donors (Lipinski definition) is 0. The lowest BCUT2D eigenvalue weighted by molar-refractivity contribution is 0.336. The molecule has 1 rings (SSSR count). The van der Waals surface area contributed by atoms with Gasteiger partial charge in [-0.25, -0.2) is 0 Å². The second-order valence-corrected chi connectivity index (χ2v) is 6.04. The van der Waals surface area contributed by atoms with Crippen LogP contribution >= 0.6 is 0 Å². The van der Waals surface area contributed by atoms with E-state index >= 15 is 0 Å². The molecular formula is C18H30. The van der Waals surface area contributed by atoms with Gasteiger partial charge in [0.15, 0.2) is 0 Å². The zero-order valence-corrected chi connectivity index (χ0v) is 13.1. The summed E-state index contributed by atoms with van der Waals surface area (Å²) >= 11 is 0. The molecule has 0 saturated carbocycles. The van der Waals surface area contributed by atoms with Gasteiger partial charge in [0.05, 0.1) is 0 Å². The summed E-state index contributed by atoms with van der Waals surface area (Å²) in [5.74, 6) is 2.33. The molecule has 0 saturated heterocycles. The van der Waals surface area contributed by atoms with Gasteiger partial charge in [-0.15, -0.1) is 0 Å². The Morgan fingerprint density at radius 3 is 2.22 bits per heavy atom. The van der Waals surface area contributed by atoms with Crippen molar-refractivity contribution in [3.63, 3.8) is 0 Å². The number of hydrogen-bond acceptors (Lipinski definition) is 0. The molecule has 0 heteroatoms. The maximum Gasteiger partial charge on any atom is -0.0185 e. The molecule has 0 radical (unpaired) electrons. The normalized spacial score (nSPS) is 16.3. The molecule has 0 spiro atoms. The summed E-state index contributed by atoms with van der Waals surface area (Å²) in [6.45, 7) is 14.0. The minimum atomic E-state index is 0.681. The average Bonchev–Trinajstić information content (AvgIpc) is 2.38. The van der Waals surface area contributed by atoms with Crippen molar-refractivity contribution in [3.8, 4) is 0 Å². The molecular weight excluding hydrogens is 216 g/mol. The molecule has 0 aliphatic heterocycles. The molecule has 0 amide bonds. The minimum absolute atomic E-state index is 0.681. The number of benzene rings is 1. The Bertz CT molecular complexity index is 364. The van der Waals surface area contributed by atoms with Crippen molar-refractivity contribution in [2.24, 2.45) is 11.8 Å². The first-order valence-corrected chi connectivity index (χ1v) is 7.58. The second kappa shape index (κ2) is 6.97. The fraction of sp³-hybridized carbons (Fsp3) is 0.667. The van der Waals surface area contributed by atoms with E-state index in [2.05, 4.69) is 59.7 Å². The Hall–Kier alpha value is -0.780. The molecule has 3 unspecified atom stereocenters. The highest BCUT2D eigenvalue weighted by Crippen LogP contribution is 2.30. The summed E-state index contributed by atoms with van der Waals surface area (Å²) in [5.41, 5.74) is 4.49. The van der Waals surface area contributed by atoms with Crippen LogP contribution in [0, 0.1) is 18.8 Å². The first kappa shape index (κ1) is 15.3. The van der Waals surface area contributed by atoms with Crippen LogP contribution in [0.3, 0.4) is 0 Å². The zero-order valence-electron chi connectivity index (χ0n) is 13.1. The molecule has 1 aromatic carbocycles. The molecule has 0 heterocycles. The van der Waals surface area contributed by atoms with E-state index in [0.29, 0.717) is 5.92 Å². The van der Waals surface area contributed by atoms with Crippen molar-refractivity contribution < 1.29 is 0 Å². The highest BCUT2D eigenvalue weighted by molar-refractivity contribution is 5.33. The second-order valence-electron chi connectivity index (χ2n) is 6.04. The van der Waals surface area contributed by atoms with Gasteiger partial charge in [0, 0.05) is 0 Å². The third-order valence-electron chi connectivity index (χ3n) is 4.62. The molecule has 18 heavy (non-hydrogen) atoms. The van der Waals surface area contributed by atoms with Crippen molar-refractivity contribution >= 4 is 0 Å². The summed E-state index contributed by atoms with van der Waals surface area (Å²) in [5, 5.41) is 0. The van der Waals surface area contributed by atoms with Gasteiger partial charge < -0.3 is 0 Å². The van der Waals surface area contributed by atoms with E-state index in [9.17, 15) is 0 Å². The smallest absolute Gasteiger partial charge is 0.0185 e. The van der Waals surface area contributed by atoms with Gasteiger partial charge in [-0.1, -0.05) is 59.2 Å². The van der Waals surface area contributed by atoms with Crippen LogP contribution in [0.25, 0.3) is 0 Å². The van der Waals surface area contributed by atoms with Crippen molar-refractivity contribution in [2.75, 3.05) is 0 Å². The van der Waals surface area contributed by atoms with E-state index in [4.69, 9.17) is 0 Å². The van der Waals surface area contributed by atoms with E-state index in [0.717, 1.165) is 18.3 Å². The van der Waals surface area contributed by atoms with Crippen LogP contribution in [0.2, 0.25) is 0 Å². The molecule has 3 atom stereocenters. The van der Waals surface area contributed by atoms with Gasteiger partial charge in [0.1, 0.15) is 0 Å². The largest absolute Gasteiger partial charge is 0.0651 e. The summed E-state index contributed by atoms with van der Waals surface area (Å²) in [4.78, 5) is 0. The quantitative estimate of drug-likeness (QED) is 0.601. The Morgan fingerprint density at radius 2 is 1.67 bits per heavy atom. The molecule has 0 aromatic heterocycles. The monoisotopic (exact) mass is 246 g/mol. The summed E-state index contributed by atoms with van der Waals surface area (Å²) < 4.78 is 0. The first-order chi connectivity index (χ1) is 8.49. The first-order valence-electron chi connectivity index (χ1n) is 7.58. The van der Waals surface area contributed by atoms with E-state index in [1.54, 1.807) is 5.56 Å². The van der Waals surface area contributed by atoms with E-state index in [-0.39, 0.29) is 0 Å². The number of rotatable bonds is 6. The minimum Gasteiger partial charge on any atom is -0.0651 e. The summed E-state index contributed by atoms with van der Waals surface area (Å²) in [6, 6.07) is 6.98. The van der Waals surface area contributed by atoms with Gasteiger partial charge in [0.25, 0.3) is 0 Å². The Balaban J connectivity index is 2.80. The molecule has 102 valence electrons. The lowest BCUT2D eigenvalue weighted by atomic mass is 9.82. The molecule has 0 nitrogen and oxygen atoms in total. The molecule has 0 aliphatic rings. The van der Waals surface area contributed by atoms with Crippen LogP contribution in [0.5, 0.6) is 0 Å².